The van der Waals surface area contributed by atoms with Gasteiger partial charge in [-0.15, -0.1) is 0 Å². The molecule has 2 N–H and O–H groups in total. The van der Waals surface area contributed by atoms with Crippen molar-refractivity contribution in [1.29, 1.82) is 0 Å². The SMILES string of the molecule is Cc1ccccc1-c1nc(CNCC(C)C)cc(=O)[nH]1. The molecule has 0 saturated carbocycles. The molecule has 106 valence electrons. The van der Waals surface area contributed by atoms with E-state index in [0.29, 0.717) is 18.3 Å². The summed E-state index contributed by atoms with van der Waals surface area (Å²) in [6.45, 7) is 7.84. The molecule has 0 fully saturated rings. The molecule has 0 aliphatic carbocycles. The number of rotatable bonds is 5. The minimum absolute atomic E-state index is 0.111. The lowest BCUT2D eigenvalue weighted by Crippen LogP contribution is -2.21. The van der Waals surface area contributed by atoms with Crippen LogP contribution >= 0.6 is 0 Å². The maximum Gasteiger partial charge on any atom is 0.251 e. The molecule has 0 atom stereocenters. The van der Waals surface area contributed by atoms with E-state index in [4.69, 9.17) is 0 Å². The summed E-state index contributed by atoms with van der Waals surface area (Å²) in [5, 5.41) is 3.31. The summed E-state index contributed by atoms with van der Waals surface area (Å²) in [5.74, 6) is 1.21. The Hall–Kier alpha value is -1.94. The number of benzene rings is 1. The Labute approximate surface area is 119 Å². The molecule has 4 nitrogen and oxygen atoms in total. The smallest absolute Gasteiger partial charge is 0.251 e. The molecule has 0 bridgehead atoms. The quantitative estimate of drug-likeness (QED) is 0.878. The van der Waals surface area contributed by atoms with Gasteiger partial charge in [-0.05, 0) is 24.9 Å². The summed E-state index contributed by atoms with van der Waals surface area (Å²) in [6.07, 6.45) is 0. The first kappa shape index (κ1) is 14.5. The second kappa shape index (κ2) is 6.48. The molecule has 4 heteroatoms. The minimum Gasteiger partial charge on any atom is -0.311 e. The molecule has 0 amide bonds. The first-order valence-corrected chi connectivity index (χ1v) is 6.93. The van der Waals surface area contributed by atoms with Crippen molar-refractivity contribution < 1.29 is 0 Å². The number of nitrogens with one attached hydrogen (secondary N) is 2. The highest BCUT2D eigenvalue weighted by Crippen LogP contribution is 2.18. The predicted octanol–water partition coefficient (Wildman–Crippen LogP) is 2.49. The number of aromatic amines is 1. The Morgan fingerprint density at radius 1 is 1.30 bits per heavy atom. The van der Waals surface area contributed by atoms with E-state index in [9.17, 15) is 4.79 Å². The zero-order valence-electron chi connectivity index (χ0n) is 12.2. The van der Waals surface area contributed by atoms with Gasteiger partial charge in [-0.25, -0.2) is 4.98 Å². The molecule has 0 spiro atoms. The molecule has 2 rings (SSSR count). The maximum absolute atomic E-state index is 11.8. The Morgan fingerprint density at radius 3 is 2.75 bits per heavy atom. The molecule has 0 aliphatic rings. The summed E-state index contributed by atoms with van der Waals surface area (Å²) in [7, 11) is 0. The Bertz CT molecular complexity index is 632. The van der Waals surface area contributed by atoms with Crippen LogP contribution in [0.1, 0.15) is 25.1 Å². The molecule has 2 aromatic rings. The van der Waals surface area contributed by atoms with Crippen molar-refractivity contribution in [2.24, 2.45) is 5.92 Å². The van der Waals surface area contributed by atoms with Gasteiger partial charge < -0.3 is 10.3 Å². The molecule has 0 unspecified atom stereocenters. The van der Waals surface area contributed by atoms with Crippen LogP contribution < -0.4 is 10.9 Å². The predicted molar refractivity (Wildman–Crippen MR) is 81.6 cm³/mol. The molecule has 1 heterocycles. The van der Waals surface area contributed by atoms with Crippen molar-refractivity contribution in [1.82, 2.24) is 15.3 Å². The number of nitrogens with zero attached hydrogens (tertiary/aromatic N) is 1. The largest absolute Gasteiger partial charge is 0.311 e. The monoisotopic (exact) mass is 271 g/mol. The summed E-state index contributed by atoms with van der Waals surface area (Å²) in [5.41, 5.74) is 2.73. The van der Waals surface area contributed by atoms with Crippen LogP contribution in [0.3, 0.4) is 0 Å². The van der Waals surface area contributed by atoms with Gasteiger partial charge in [-0.1, -0.05) is 38.1 Å². The van der Waals surface area contributed by atoms with Gasteiger partial charge in [-0.2, -0.15) is 0 Å². The second-order valence-corrected chi connectivity index (χ2v) is 5.43. The standard InChI is InChI=1S/C16H21N3O/c1-11(2)9-17-10-13-8-15(20)19-16(18-13)14-7-5-4-6-12(14)3/h4-8,11,17H,9-10H2,1-3H3,(H,18,19,20). The number of aryl methyl sites for hydroxylation is 1. The van der Waals surface area contributed by atoms with E-state index >= 15 is 0 Å². The summed E-state index contributed by atoms with van der Waals surface area (Å²) in [6, 6.07) is 9.46. The van der Waals surface area contributed by atoms with Crippen LogP contribution in [0.5, 0.6) is 0 Å². The third-order valence-corrected chi connectivity index (χ3v) is 3.05. The zero-order chi connectivity index (χ0) is 14.5. The van der Waals surface area contributed by atoms with E-state index in [1.807, 2.05) is 31.2 Å². The fourth-order valence-corrected chi connectivity index (χ4v) is 2.05. The van der Waals surface area contributed by atoms with Gasteiger partial charge in [0.1, 0.15) is 5.82 Å². The number of hydrogen-bond acceptors (Lipinski definition) is 3. The molecular formula is C16H21N3O. The van der Waals surface area contributed by atoms with E-state index < -0.39 is 0 Å². The van der Waals surface area contributed by atoms with Crippen molar-refractivity contribution in [3.63, 3.8) is 0 Å². The number of H-pyrrole nitrogens is 1. The summed E-state index contributed by atoms with van der Waals surface area (Å²) < 4.78 is 0. The highest BCUT2D eigenvalue weighted by atomic mass is 16.1. The van der Waals surface area contributed by atoms with Gasteiger partial charge in [0, 0.05) is 18.2 Å². The Morgan fingerprint density at radius 2 is 2.05 bits per heavy atom. The van der Waals surface area contributed by atoms with E-state index in [-0.39, 0.29) is 5.56 Å². The van der Waals surface area contributed by atoms with Crippen LogP contribution in [0.2, 0.25) is 0 Å². The van der Waals surface area contributed by atoms with Crippen molar-refractivity contribution in [3.8, 4) is 11.4 Å². The average molecular weight is 271 g/mol. The normalized spacial score (nSPS) is 11.0. The van der Waals surface area contributed by atoms with Crippen LogP contribution in [0.15, 0.2) is 35.1 Å². The summed E-state index contributed by atoms with van der Waals surface area (Å²) in [4.78, 5) is 19.1. The van der Waals surface area contributed by atoms with Gasteiger partial charge in [-0.3, -0.25) is 4.79 Å². The van der Waals surface area contributed by atoms with Crippen LogP contribution in [-0.4, -0.2) is 16.5 Å². The van der Waals surface area contributed by atoms with E-state index in [0.717, 1.165) is 23.4 Å². The number of aromatic nitrogens is 2. The minimum atomic E-state index is -0.111. The zero-order valence-corrected chi connectivity index (χ0v) is 12.2. The topological polar surface area (TPSA) is 57.8 Å². The Kier molecular flexibility index (Phi) is 4.69. The fourth-order valence-electron chi connectivity index (χ4n) is 2.05. The van der Waals surface area contributed by atoms with Crippen LogP contribution in [0, 0.1) is 12.8 Å². The van der Waals surface area contributed by atoms with Gasteiger partial charge in [0.2, 0.25) is 0 Å². The first-order chi connectivity index (χ1) is 9.56. The molecule has 1 aromatic carbocycles. The van der Waals surface area contributed by atoms with Crippen LogP contribution in [-0.2, 0) is 6.54 Å². The molecule has 20 heavy (non-hydrogen) atoms. The van der Waals surface area contributed by atoms with Gasteiger partial charge >= 0.3 is 0 Å². The lowest BCUT2D eigenvalue weighted by Gasteiger charge is -2.09. The van der Waals surface area contributed by atoms with Crippen molar-refractivity contribution >= 4 is 0 Å². The van der Waals surface area contributed by atoms with Crippen molar-refractivity contribution in [2.75, 3.05) is 6.54 Å². The lowest BCUT2D eigenvalue weighted by molar-refractivity contribution is 0.548. The van der Waals surface area contributed by atoms with Gasteiger partial charge in [0.05, 0.1) is 5.69 Å². The van der Waals surface area contributed by atoms with E-state index in [2.05, 4.69) is 29.1 Å². The van der Waals surface area contributed by atoms with Crippen LogP contribution in [0.25, 0.3) is 11.4 Å². The van der Waals surface area contributed by atoms with E-state index in [1.165, 1.54) is 0 Å². The fraction of sp³-hybridized carbons (Fsp3) is 0.375. The van der Waals surface area contributed by atoms with E-state index in [1.54, 1.807) is 6.07 Å². The second-order valence-electron chi connectivity index (χ2n) is 5.43. The average Bonchev–Trinajstić information content (AvgIpc) is 2.38. The third-order valence-electron chi connectivity index (χ3n) is 3.05. The Balaban J connectivity index is 2.25. The highest BCUT2D eigenvalue weighted by Gasteiger charge is 2.06. The molecule has 1 aromatic heterocycles. The van der Waals surface area contributed by atoms with Gasteiger partial charge in [0.25, 0.3) is 5.56 Å². The maximum atomic E-state index is 11.8. The number of hydrogen-bond donors (Lipinski definition) is 2. The first-order valence-electron chi connectivity index (χ1n) is 6.93. The molecule has 0 saturated heterocycles. The lowest BCUT2D eigenvalue weighted by atomic mass is 10.1. The third kappa shape index (κ3) is 3.78. The molecule has 0 aliphatic heterocycles. The van der Waals surface area contributed by atoms with Gasteiger partial charge in [0.15, 0.2) is 0 Å². The summed E-state index contributed by atoms with van der Waals surface area (Å²) >= 11 is 0. The highest BCUT2D eigenvalue weighted by molar-refractivity contribution is 5.59. The molecule has 0 radical (unpaired) electrons. The van der Waals surface area contributed by atoms with Crippen LogP contribution in [0.4, 0.5) is 0 Å². The van der Waals surface area contributed by atoms with Crippen molar-refractivity contribution in [3.05, 3.63) is 51.9 Å². The molecular weight excluding hydrogens is 250 g/mol. The van der Waals surface area contributed by atoms with Crippen molar-refractivity contribution in [2.45, 2.75) is 27.3 Å².